The van der Waals surface area contributed by atoms with Crippen molar-refractivity contribution in [3.05, 3.63) is 58.9 Å². The highest BCUT2D eigenvalue weighted by molar-refractivity contribution is 6.30. The van der Waals surface area contributed by atoms with E-state index in [0.717, 1.165) is 55.3 Å². The molecule has 2 amide bonds. The van der Waals surface area contributed by atoms with E-state index in [1.807, 2.05) is 46.3 Å². The van der Waals surface area contributed by atoms with E-state index in [9.17, 15) is 9.59 Å². The molecule has 2 aromatic rings. The van der Waals surface area contributed by atoms with Crippen LogP contribution in [0.1, 0.15) is 36.4 Å². The van der Waals surface area contributed by atoms with Crippen molar-refractivity contribution in [3.8, 4) is 0 Å². The Kier molecular flexibility index (Phi) is 7.22. The summed E-state index contributed by atoms with van der Waals surface area (Å²) < 4.78 is 0. The van der Waals surface area contributed by atoms with E-state index < -0.39 is 0 Å². The number of aromatic nitrogens is 1. The van der Waals surface area contributed by atoms with Gasteiger partial charge in [0.15, 0.2) is 0 Å². The molecule has 186 valence electrons. The number of hydrogen-bond donors (Lipinski definition) is 2. The standard InChI is InChI=1S/C26H33ClN6O2/c1-18-4-5-21(27)15-24(18)31-11-13-33(14-12-31)25(34)19-6-9-32(10-7-19)26(35)23-16-22(29-30-23)20-3-2-8-28-17-20/h2-5,8,15,17,19,22-23,29-30H,6-7,9-14,16H2,1H3. The highest BCUT2D eigenvalue weighted by Crippen LogP contribution is 2.28. The molecule has 0 aliphatic carbocycles. The van der Waals surface area contributed by atoms with E-state index >= 15 is 0 Å². The monoisotopic (exact) mass is 496 g/mol. The van der Waals surface area contributed by atoms with Gasteiger partial charge in [-0.25, -0.2) is 10.9 Å². The number of amides is 2. The highest BCUT2D eigenvalue weighted by atomic mass is 35.5. The summed E-state index contributed by atoms with van der Waals surface area (Å²) in [7, 11) is 0. The van der Waals surface area contributed by atoms with Crippen molar-refractivity contribution in [3.63, 3.8) is 0 Å². The van der Waals surface area contributed by atoms with E-state index in [-0.39, 0.29) is 29.8 Å². The Labute approximate surface area is 211 Å². The van der Waals surface area contributed by atoms with E-state index in [1.165, 1.54) is 5.56 Å². The molecule has 3 aliphatic rings. The number of piperidine rings is 1. The van der Waals surface area contributed by atoms with Crippen LogP contribution in [0.25, 0.3) is 0 Å². The number of piperazine rings is 1. The van der Waals surface area contributed by atoms with Crippen molar-refractivity contribution in [2.24, 2.45) is 5.92 Å². The number of nitrogens with one attached hydrogen (secondary N) is 2. The topological polar surface area (TPSA) is 80.8 Å². The quantitative estimate of drug-likeness (QED) is 0.677. The number of rotatable bonds is 4. The molecule has 3 aliphatic heterocycles. The van der Waals surface area contributed by atoms with Gasteiger partial charge in [0.25, 0.3) is 0 Å². The van der Waals surface area contributed by atoms with Gasteiger partial charge in [0, 0.05) is 74.3 Å². The summed E-state index contributed by atoms with van der Waals surface area (Å²) in [5.74, 6) is 0.341. The average molecular weight is 497 g/mol. The van der Waals surface area contributed by atoms with E-state index in [4.69, 9.17) is 11.6 Å². The Bertz CT molecular complexity index is 1050. The Morgan fingerprint density at radius 3 is 2.43 bits per heavy atom. The third-order valence-electron chi connectivity index (χ3n) is 7.55. The van der Waals surface area contributed by atoms with E-state index in [2.05, 4.69) is 27.7 Å². The summed E-state index contributed by atoms with van der Waals surface area (Å²) in [4.78, 5) is 36.7. The zero-order valence-electron chi connectivity index (χ0n) is 20.1. The van der Waals surface area contributed by atoms with Crippen molar-refractivity contribution >= 4 is 29.1 Å². The molecule has 9 heteroatoms. The molecule has 2 N–H and O–H groups in total. The lowest BCUT2D eigenvalue weighted by Gasteiger charge is -2.40. The van der Waals surface area contributed by atoms with Gasteiger partial charge >= 0.3 is 0 Å². The number of aryl methyl sites for hydroxylation is 1. The number of benzene rings is 1. The number of carbonyl (C=O) groups is 2. The number of nitrogens with zero attached hydrogens (tertiary/aromatic N) is 4. The fourth-order valence-corrected chi connectivity index (χ4v) is 5.60. The lowest BCUT2D eigenvalue weighted by atomic mass is 9.94. The van der Waals surface area contributed by atoms with Gasteiger partial charge in [0.2, 0.25) is 11.8 Å². The molecule has 35 heavy (non-hydrogen) atoms. The van der Waals surface area contributed by atoms with Crippen LogP contribution in [0, 0.1) is 12.8 Å². The number of carbonyl (C=O) groups excluding carboxylic acids is 2. The number of anilines is 1. The molecule has 8 nitrogen and oxygen atoms in total. The lowest BCUT2D eigenvalue weighted by Crippen LogP contribution is -2.53. The maximum absolute atomic E-state index is 13.2. The average Bonchev–Trinajstić information content (AvgIpc) is 3.40. The van der Waals surface area contributed by atoms with Gasteiger partial charge < -0.3 is 14.7 Å². The zero-order valence-corrected chi connectivity index (χ0v) is 20.9. The van der Waals surface area contributed by atoms with Gasteiger partial charge in [-0.1, -0.05) is 23.7 Å². The summed E-state index contributed by atoms with van der Waals surface area (Å²) >= 11 is 6.20. The first kappa shape index (κ1) is 24.0. The summed E-state index contributed by atoms with van der Waals surface area (Å²) in [6.45, 7) is 6.41. The van der Waals surface area contributed by atoms with Crippen LogP contribution in [0.3, 0.4) is 0 Å². The number of pyridine rings is 1. The smallest absolute Gasteiger partial charge is 0.241 e. The van der Waals surface area contributed by atoms with Crippen molar-refractivity contribution in [1.29, 1.82) is 0 Å². The Morgan fingerprint density at radius 1 is 0.971 bits per heavy atom. The van der Waals surface area contributed by atoms with Gasteiger partial charge in [-0.3, -0.25) is 14.6 Å². The molecule has 0 radical (unpaired) electrons. The molecule has 0 bridgehead atoms. The molecule has 3 fully saturated rings. The molecule has 1 aromatic heterocycles. The van der Waals surface area contributed by atoms with Gasteiger partial charge in [-0.2, -0.15) is 0 Å². The number of halogens is 1. The predicted octanol–water partition coefficient (Wildman–Crippen LogP) is 2.54. The first-order chi connectivity index (χ1) is 17.0. The minimum Gasteiger partial charge on any atom is -0.368 e. The predicted molar refractivity (Wildman–Crippen MR) is 136 cm³/mol. The van der Waals surface area contributed by atoms with Crippen LogP contribution in [0.5, 0.6) is 0 Å². The number of hydrogen-bond acceptors (Lipinski definition) is 6. The summed E-state index contributed by atoms with van der Waals surface area (Å²) in [5, 5.41) is 0.738. The molecule has 4 heterocycles. The minimum atomic E-state index is -0.254. The Morgan fingerprint density at radius 2 is 1.71 bits per heavy atom. The SMILES string of the molecule is Cc1ccc(Cl)cc1N1CCN(C(=O)C2CCN(C(=O)C3CC(c4cccnc4)NN3)CC2)CC1. The Balaban J connectivity index is 1.09. The third kappa shape index (κ3) is 5.29. The maximum atomic E-state index is 13.2. The van der Waals surface area contributed by atoms with Crippen molar-refractivity contribution in [2.75, 3.05) is 44.2 Å². The van der Waals surface area contributed by atoms with Gasteiger partial charge in [0.1, 0.15) is 6.04 Å². The molecule has 1 aromatic carbocycles. The molecule has 3 saturated heterocycles. The molecule has 0 spiro atoms. The van der Waals surface area contributed by atoms with Gasteiger partial charge in [-0.05, 0) is 55.5 Å². The number of likely N-dealkylation sites (tertiary alicyclic amines) is 1. The van der Waals surface area contributed by atoms with Crippen LogP contribution >= 0.6 is 11.6 Å². The second-order valence-electron chi connectivity index (χ2n) is 9.76. The van der Waals surface area contributed by atoms with Crippen LogP contribution < -0.4 is 15.8 Å². The lowest BCUT2D eigenvalue weighted by molar-refractivity contribution is -0.141. The first-order valence-corrected chi connectivity index (χ1v) is 12.9. The molecular weight excluding hydrogens is 464 g/mol. The van der Waals surface area contributed by atoms with Crippen LogP contribution in [0.4, 0.5) is 5.69 Å². The fraction of sp³-hybridized carbons (Fsp3) is 0.500. The van der Waals surface area contributed by atoms with Crippen molar-refractivity contribution in [2.45, 2.75) is 38.3 Å². The first-order valence-electron chi connectivity index (χ1n) is 12.5. The molecule has 2 unspecified atom stereocenters. The van der Waals surface area contributed by atoms with Crippen LogP contribution in [0.2, 0.25) is 5.02 Å². The third-order valence-corrected chi connectivity index (χ3v) is 7.78. The van der Waals surface area contributed by atoms with Crippen LogP contribution in [-0.2, 0) is 9.59 Å². The van der Waals surface area contributed by atoms with Crippen LogP contribution in [-0.4, -0.2) is 71.9 Å². The zero-order chi connectivity index (χ0) is 24.4. The second kappa shape index (κ2) is 10.5. The molecular formula is C26H33ClN6O2. The molecule has 0 saturated carbocycles. The summed E-state index contributed by atoms with van der Waals surface area (Å²) in [5.41, 5.74) is 9.80. The van der Waals surface area contributed by atoms with Gasteiger partial charge in [-0.15, -0.1) is 0 Å². The number of hydrazine groups is 1. The van der Waals surface area contributed by atoms with E-state index in [1.54, 1.807) is 6.20 Å². The second-order valence-corrected chi connectivity index (χ2v) is 10.2. The highest BCUT2D eigenvalue weighted by Gasteiger charge is 2.36. The van der Waals surface area contributed by atoms with E-state index in [0.29, 0.717) is 19.5 Å². The minimum absolute atomic E-state index is 0.00342. The molecule has 2 atom stereocenters. The summed E-state index contributed by atoms with van der Waals surface area (Å²) in [6, 6.07) is 9.71. The van der Waals surface area contributed by atoms with Gasteiger partial charge in [0.05, 0.1) is 0 Å². The maximum Gasteiger partial charge on any atom is 0.241 e. The van der Waals surface area contributed by atoms with Crippen molar-refractivity contribution < 1.29 is 9.59 Å². The largest absolute Gasteiger partial charge is 0.368 e. The molecule has 5 rings (SSSR count). The summed E-state index contributed by atoms with van der Waals surface area (Å²) in [6.07, 6.45) is 5.73. The van der Waals surface area contributed by atoms with Crippen LogP contribution in [0.15, 0.2) is 42.7 Å². The Hall–Kier alpha value is -2.68. The fourth-order valence-electron chi connectivity index (χ4n) is 5.44. The van der Waals surface area contributed by atoms with Crippen molar-refractivity contribution in [1.82, 2.24) is 25.6 Å². The normalized spacial score (nSPS) is 23.5.